The van der Waals surface area contributed by atoms with Gasteiger partial charge in [-0.1, -0.05) is 48.0 Å². The summed E-state index contributed by atoms with van der Waals surface area (Å²) in [5.74, 6) is -0.346. The summed E-state index contributed by atoms with van der Waals surface area (Å²) in [5.41, 5.74) is 2.26. The maximum Gasteiger partial charge on any atom is 0.342 e. The zero-order valence-electron chi connectivity index (χ0n) is 15.1. The fourth-order valence-electron chi connectivity index (χ4n) is 3.66. The average Bonchev–Trinajstić information content (AvgIpc) is 2.94. The van der Waals surface area contributed by atoms with Gasteiger partial charge in [0.25, 0.3) is 0 Å². The van der Waals surface area contributed by atoms with Crippen LogP contribution in [0.15, 0.2) is 54.6 Å². The van der Waals surface area contributed by atoms with E-state index >= 15 is 0 Å². The predicted molar refractivity (Wildman–Crippen MR) is 111 cm³/mol. The van der Waals surface area contributed by atoms with Crippen LogP contribution in [0, 0.1) is 0 Å². The van der Waals surface area contributed by atoms with E-state index in [-0.39, 0.29) is 24.5 Å². The average molecular weight is 405 g/mol. The summed E-state index contributed by atoms with van der Waals surface area (Å²) in [6.07, 6.45) is 1.84. The van der Waals surface area contributed by atoms with Crippen molar-refractivity contribution in [2.75, 3.05) is 20.1 Å². The molecule has 2 aromatic carbocycles. The number of carbonyl (C=O) groups excluding carboxylic acids is 1. The molecule has 1 unspecified atom stereocenters. The van der Waals surface area contributed by atoms with Gasteiger partial charge < -0.3 is 9.64 Å². The van der Waals surface area contributed by atoms with Gasteiger partial charge in [-0.15, -0.1) is 12.4 Å². The molecule has 2 heterocycles. The van der Waals surface area contributed by atoms with Gasteiger partial charge in [-0.3, -0.25) is 4.57 Å². The Hall–Kier alpha value is -2.01. The van der Waals surface area contributed by atoms with Gasteiger partial charge in [-0.2, -0.15) is 0 Å². The van der Waals surface area contributed by atoms with Crippen molar-refractivity contribution in [1.82, 2.24) is 9.47 Å². The molecular formula is C21H22Cl2N2O2. The van der Waals surface area contributed by atoms with E-state index in [4.69, 9.17) is 16.3 Å². The highest BCUT2D eigenvalue weighted by atomic mass is 35.5. The van der Waals surface area contributed by atoms with Crippen molar-refractivity contribution in [3.8, 4) is 5.69 Å². The predicted octanol–water partition coefficient (Wildman–Crippen LogP) is 4.96. The number of halogens is 2. The molecule has 0 amide bonds. The number of esters is 1. The third kappa shape index (κ3) is 3.84. The third-order valence-corrected chi connectivity index (χ3v) is 5.25. The lowest BCUT2D eigenvalue weighted by atomic mass is 10.1. The van der Waals surface area contributed by atoms with Gasteiger partial charge in [-0.25, -0.2) is 4.79 Å². The van der Waals surface area contributed by atoms with Gasteiger partial charge in [0.05, 0.1) is 5.52 Å². The Labute approximate surface area is 170 Å². The van der Waals surface area contributed by atoms with Crippen molar-refractivity contribution in [2.24, 2.45) is 0 Å². The van der Waals surface area contributed by atoms with Crippen LogP contribution in [0.5, 0.6) is 0 Å². The van der Waals surface area contributed by atoms with Crippen LogP contribution in [0.1, 0.15) is 23.2 Å². The molecule has 4 nitrogen and oxygen atoms in total. The summed E-state index contributed by atoms with van der Waals surface area (Å²) >= 11 is 6.68. The van der Waals surface area contributed by atoms with E-state index in [9.17, 15) is 4.79 Å². The Morgan fingerprint density at radius 1 is 1.11 bits per heavy atom. The minimum atomic E-state index is -0.346. The van der Waals surface area contributed by atoms with E-state index in [0.717, 1.165) is 42.5 Å². The summed E-state index contributed by atoms with van der Waals surface area (Å²) in [7, 11) is 2.05. The number of rotatable bonds is 3. The Bertz CT molecular complexity index is 940. The minimum Gasteiger partial charge on any atom is -0.457 e. The monoisotopic (exact) mass is 404 g/mol. The van der Waals surface area contributed by atoms with Crippen LogP contribution in [0.4, 0.5) is 0 Å². The van der Waals surface area contributed by atoms with Crippen molar-refractivity contribution in [1.29, 1.82) is 0 Å². The first-order chi connectivity index (χ1) is 12.6. The molecule has 27 heavy (non-hydrogen) atoms. The number of likely N-dealkylation sites (tertiary alicyclic amines) is 1. The van der Waals surface area contributed by atoms with E-state index in [1.54, 1.807) is 0 Å². The van der Waals surface area contributed by atoms with Crippen molar-refractivity contribution in [2.45, 2.75) is 18.9 Å². The third-order valence-electron chi connectivity index (χ3n) is 4.89. The lowest BCUT2D eigenvalue weighted by Crippen LogP contribution is -2.38. The summed E-state index contributed by atoms with van der Waals surface area (Å²) in [4.78, 5) is 15.2. The Morgan fingerprint density at radius 3 is 2.56 bits per heavy atom. The highest BCUT2D eigenvalue weighted by Crippen LogP contribution is 2.34. The fourth-order valence-corrected chi connectivity index (χ4v) is 4.03. The molecule has 1 fully saturated rings. The molecule has 1 aromatic heterocycles. The number of fused-ring (bicyclic) bond motifs is 1. The highest BCUT2D eigenvalue weighted by molar-refractivity contribution is 6.35. The molecule has 0 spiro atoms. The van der Waals surface area contributed by atoms with Crippen molar-refractivity contribution in [3.05, 3.63) is 65.3 Å². The van der Waals surface area contributed by atoms with Gasteiger partial charge in [0, 0.05) is 17.6 Å². The molecule has 4 rings (SSSR count). The largest absolute Gasteiger partial charge is 0.457 e. The minimum absolute atomic E-state index is 0. The van der Waals surface area contributed by atoms with Crippen LogP contribution in [0.3, 0.4) is 0 Å². The quantitative estimate of drug-likeness (QED) is 0.578. The van der Waals surface area contributed by atoms with Gasteiger partial charge in [0.2, 0.25) is 0 Å². The fraction of sp³-hybridized carbons (Fsp3) is 0.286. The Morgan fingerprint density at radius 2 is 1.81 bits per heavy atom. The zero-order valence-corrected chi connectivity index (χ0v) is 16.7. The van der Waals surface area contributed by atoms with E-state index in [2.05, 4.69) is 4.90 Å². The maximum absolute atomic E-state index is 13.0. The second-order valence-electron chi connectivity index (χ2n) is 6.79. The summed E-state index contributed by atoms with van der Waals surface area (Å²) in [6.45, 7) is 1.81. The highest BCUT2D eigenvalue weighted by Gasteiger charge is 2.27. The number of piperidine rings is 1. The van der Waals surface area contributed by atoms with Gasteiger partial charge in [0.1, 0.15) is 16.8 Å². The summed E-state index contributed by atoms with van der Waals surface area (Å²) in [6, 6.07) is 17.6. The number of aromatic nitrogens is 1. The number of likely N-dealkylation sites (N-methyl/N-ethyl adjacent to an activating group) is 1. The van der Waals surface area contributed by atoms with Gasteiger partial charge in [-0.05, 0) is 44.6 Å². The Kier molecular flexibility index (Phi) is 6.10. The second-order valence-corrected chi connectivity index (χ2v) is 7.14. The molecule has 0 N–H and O–H groups in total. The first kappa shape index (κ1) is 19.7. The molecule has 1 aliphatic rings. The molecule has 1 saturated heterocycles. The standard InChI is InChI=1S/C21H21ClN2O2.ClH/c1-23-13-7-10-16(14-23)26-21(25)19-17-11-5-6-12-18(17)24(20(19)22)15-8-3-2-4-9-15;/h2-6,8-9,11-12,16H,7,10,13-14H2,1H3;1H. The molecule has 6 heteroatoms. The van der Waals surface area contributed by atoms with Gasteiger partial charge in [0.15, 0.2) is 0 Å². The van der Waals surface area contributed by atoms with E-state index in [1.165, 1.54) is 0 Å². The summed E-state index contributed by atoms with van der Waals surface area (Å²) in [5, 5.41) is 1.21. The molecule has 3 aromatic rings. The molecule has 0 saturated carbocycles. The molecule has 0 bridgehead atoms. The molecule has 1 atom stereocenters. The first-order valence-electron chi connectivity index (χ1n) is 8.89. The molecule has 0 radical (unpaired) electrons. The smallest absolute Gasteiger partial charge is 0.342 e. The Balaban J connectivity index is 0.00000210. The van der Waals surface area contributed by atoms with Crippen LogP contribution in [-0.2, 0) is 4.74 Å². The molecule has 1 aliphatic heterocycles. The van der Waals surface area contributed by atoms with Crippen LogP contribution in [-0.4, -0.2) is 41.7 Å². The van der Waals surface area contributed by atoms with Gasteiger partial charge >= 0.3 is 5.97 Å². The number of carbonyl (C=O) groups is 1. The lowest BCUT2D eigenvalue weighted by Gasteiger charge is -2.29. The number of nitrogens with zero attached hydrogens (tertiary/aromatic N) is 2. The van der Waals surface area contributed by atoms with Crippen molar-refractivity contribution < 1.29 is 9.53 Å². The maximum atomic E-state index is 13.0. The van der Waals surface area contributed by atoms with Crippen molar-refractivity contribution >= 4 is 40.9 Å². The van der Waals surface area contributed by atoms with Crippen LogP contribution < -0.4 is 0 Å². The number of hydrogen-bond donors (Lipinski definition) is 0. The van der Waals surface area contributed by atoms with Crippen LogP contribution >= 0.6 is 24.0 Å². The summed E-state index contributed by atoms with van der Waals surface area (Å²) < 4.78 is 7.71. The van der Waals surface area contributed by atoms with Crippen LogP contribution in [0.2, 0.25) is 5.15 Å². The topological polar surface area (TPSA) is 34.5 Å². The first-order valence-corrected chi connectivity index (χ1v) is 9.27. The van der Waals surface area contributed by atoms with Crippen LogP contribution in [0.25, 0.3) is 16.6 Å². The number of para-hydroxylation sites is 2. The molecular weight excluding hydrogens is 383 g/mol. The SMILES string of the molecule is CN1CCCC(OC(=O)c2c(Cl)n(-c3ccccc3)c3ccccc23)C1.Cl. The molecule has 142 valence electrons. The number of benzene rings is 2. The molecule has 0 aliphatic carbocycles. The van der Waals surface area contributed by atoms with E-state index in [1.807, 2.05) is 66.2 Å². The van der Waals surface area contributed by atoms with E-state index < -0.39 is 0 Å². The number of ether oxygens (including phenoxy) is 1. The van der Waals surface area contributed by atoms with Crippen molar-refractivity contribution in [3.63, 3.8) is 0 Å². The van der Waals surface area contributed by atoms with E-state index in [0.29, 0.717) is 10.7 Å². The normalized spacial score (nSPS) is 17.5. The number of hydrogen-bond acceptors (Lipinski definition) is 3. The zero-order chi connectivity index (χ0) is 18.1. The second kappa shape index (κ2) is 8.34. The lowest BCUT2D eigenvalue weighted by molar-refractivity contribution is 0.0111.